The van der Waals surface area contributed by atoms with Crippen molar-refractivity contribution in [1.29, 1.82) is 0 Å². The van der Waals surface area contributed by atoms with Crippen molar-refractivity contribution in [3.63, 3.8) is 0 Å². The molecule has 0 spiro atoms. The van der Waals surface area contributed by atoms with Crippen molar-refractivity contribution >= 4 is 5.91 Å². The first-order chi connectivity index (χ1) is 9.08. The highest BCUT2D eigenvalue weighted by Gasteiger charge is 2.10. The number of amides is 1. The van der Waals surface area contributed by atoms with E-state index in [4.69, 9.17) is 15.2 Å². The molecule has 3 N–H and O–H groups in total. The number of carbonyl (C=O) groups is 1. The zero-order chi connectivity index (χ0) is 14.3. The Bertz CT molecular complexity index is 419. The van der Waals surface area contributed by atoms with E-state index in [0.29, 0.717) is 30.2 Å². The number of ether oxygens (including phenoxy) is 2. The molecule has 0 saturated heterocycles. The minimum absolute atomic E-state index is 0.0789. The Morgan fingerprint density at radius 1 is 1.42 bits per heavy atom. The summed E-state index contributed by atoms with van der Waals surface area (Å²) in [5.74, 6) is 1.06. The molecule has 0 aliphatic carbocycles. The predicted octanol–water partition coefficient (Wildman–Crippen LogP) is 1.56. The maximum absolute atomic E-state index is 11.9. The van der Waals surface area contributed by atoms with E-state index in [9.17, 15) is 4.79 Å². The molecule has 1 aromatic rings. The quantitative estimate of drug-likeness (QED) is 0.785. The monoisotopic (exact) mass is 266 g/mol. The van der Waals surface area contributed by atoms with Crippen LogP contribution in [0.15, 0.2) is 18.2 Å². The van der Waals surface area contributed by atoms with Gasteiger partial charge in [-0.05, 0) is 38.5 Å². The van der Waals surface area contributed by atoms with Crippen LogP contribution in [0.4, 0.5) is 0 Å². The SMILES string of the molecule is CCOc1ccc(C(=O)NCCC(C)N)cc1OC. The third kappa shape index (κ3) is 4.79. The Morgan fingerprint density at radius 2 is 2.16 bits per heavy atom. The van der Waals surface area contributed by atoms with Gasteiger partial charge in [0.25, 0.3) is 5.91 Å². The number of methoxy groups -OCH3 is 1. The second-order valence-corrected chi connectivity index (χ2v) is 4.32. The van der Waals surface area contributed by atoms with E-state index in [-0.39, 0.29) is 11.9 Å². The average molecular weight is 266 g/mol. The van der Waals surface area contributed by atoms with Crippen LogP contribution in [-0.4, -0.2) is 32.2 Å². The Hall–Kier alpha value is -1.75. The van der Waals surface area contributed by atoms with E-state index in [2.05, 4.69) is 5.32 Å². The van der Waals surface area contributed by atoms with Crippen LogP contribution in [0.5, 0.6) is 11.5 Å². The van der Waals surface area contributed by atoms with Crippen molar-refractivity contribution in [2.24, 2.45) is 5.73 Å². The number of hydrogen-bond acceptors (Lipinski definition) is 4. The number of hydrogen-bond donors (Lipinski definition) is 2. The molecular formula is C14H22N2O3. The molecule has 19 heavy (non-hydrogen) atoms. The van der Waals surface area contributed by atoms with Gasteiger partial charge in [-0.25, -0.2) is 0 Å². The molecule has 5 heteroatoms. The number of carbonyl (C=O) groups excluding carboxylic acids is 1. The standard InChI is InChI=1S/C14H22N2O3/c1-4-19-12-6-5-11(9-13(12)18-3)14(17)16-8-7-10(2)15/h5-6,9-10H,4,7-8,15H2,1-3H3,(H,16,17). The summed E-state index contributed by atoms with van der Waals surface area (Å²) in [6.07, 6.45) is 0.750. The van der Waals surface area contributed by atoms with E-state index in [1.165, 1.54) is 0 Å². The Labute approximate surface area is 114 Å². The van der Waals surface area contributed by atoms with Crippen molar-refractivity contribution in [2.75, 3.05) is 20.3 Å². The van der Waals surface area contributed by atoms with Crippen molar-refractivity contribution < 1.29 is 14.3 Å². The van der Waals surface area contributed by atoms with Crippen LogP contribution in [0, 0.1) is 0 Å². The van der Waals surface area contributed by atoms with E-state index in [0.717, 1.165) is 6.42 Å². The van der Waals surface area contributed by atoms with Crippen LogP contribution < -0.4 is 20.5 Å². The molecule has 0 aliphatic heterocycles. The van der Waals surface area contributed by atoms with Gasteiger partial charge in [-0.1, -0.05) is 0 Å². The van der Waals surface area contributed by atoms with Crippen LogP contribution in [0.25, 0.3) is 0 Å². The van der Waals surface area contributed by atoms with E-state index >= 15 is 0 Å². The van der Waals surface area contributed by atoms with Gasteiger partial charge in [0.15, 0.2) is 11.5 Å². The normalized spacial score (nSPS) is 11.8. The Balaban J connectivity index is 2.70. The summed E-state index contributed by atoms with van der Waals surface area (Å²) in [4.78, 5) is 11.9. The first-order valence-corrected chi connectivity index (χ1v) is 6.43. The highest BCUT2D eigenvalue weighted by Crippen LogP contribution is 2.27. The van der Waals surface area contributed by atoms with E-state index in [1.54, 1.807) is 25.3 Å². The molecule has 1 aromatic carbocycles. The number of benzene rings is 1. The van der Waals surface area contributed by atoms with Crippen LogP contribution >= 0.6 is 0 Å². The van der Waals surface area contributed by atoms with Crippen LogP contribution in [-0.2, 0) is 0 Å². The maximum Gasteiger partial charge on any atom is 0.251 e. The first-order valence-electron chi connectivity index (χ1n) is 6.43. The molecule has 1 rings (SSSR count). The predicted molar refractivity (Wildman–Crippen MR) is 74.8 cm³/mol. The van der Waals surface area contributed by atoms with Gasteiger partial charge in [0.05, 0.1) is 13.7 Å². The number of nitrogens with two attached hydrogens (primary N) is 1. The summed E-state index contributed by atoms with van der Waals surface area (Å²) < 4.78 is 10.6. The van der Waals surface area contributed by atoms with Crippen molar-refractivity contribution in [3.05, 3.63) is 23.8 Å². The Kier molecular flexibility index (Phi) is 6.15. The van der Waals surface area contributed by atoms with Crippen molar-refractivity contribution in [3.8, 4) is 11.5 Å². The number of nitrogens with one attached hydrogen (secondary N) is 1. The molecule has 0 heterocycles. The maximum atomic E-state index is 11.9. The molecular weight excluding hydrogens is 244 g/mol. The van der Waals surface area contributed by atoms with Crippen LogP contribution in [0.1, 0.15) is 30.6 Å². The zero-order valence-corrected chi connectivity index (χ0v) is 11.7. The summed E-state index contributed by atoms with van der Waals surface area (Å²) >= 11 is 0. The largest absolute Gasteiger partial charge is 0.493 e. The fraction of sp³-hybridized carbons (Fsp3) is 0.500. The summed E-state index contributed by atoms with van der Waals surface area (Å²) in [6, 6.07) is 5.21. The van der Waals surface area contributed by atoms with Gasteiger partial charge in [0.1, 0.15) is 0 Å². The minimum atomic E-state index is -0.137. The molecule has 0 bridgehead atoms. The van der Waals surface area contributed by atoms with Gasteiger partial charge in [0.2, 0.25) is 0 Å². The molecule has 5 nitrogen and oxygen atoms in total. The zero-order valence-electron chi connectivity index (χ0n) is 11.7. The van der Waals surface area contributed by atoms with Crippen LogP contribution in [0.2, 0.25) is 0 Å². The third-order valence-electron chi connectivity index (χ3n) is 2.61. The molecule has 1 unspecified atom stereocenters. The first kappa shape index (κ1) is 15.3. The average Bonchev–Trinajstić information content (AvgIpc) is 2.39. The lowest BCUT2D eigenvalue weighted by molar-refractivity contribution is 0.0952. The van der Waals surface area contributed by atoms with Crippen molar-refractivity contribution in [2.45, 2.75) is 26.3 Å². The smallest absolute Gasteiger partial charge is 0.251 e. The molecule has 0 fully saturated rings. The summed E-state index contributed by atoms with van der Waals surface area (Å²) in [5, 5.41) is 2.82. The van der Waals surface area contributed by atoms with Gasteiger partial charge < -0.3 is 20.5 Å². The molecule has 1 amide bonds. The fourth-order valence-electron chi connectivity index (χ4n) is 1.60. The van der Waals surface area contributed by atoms with E-state index in [1.807, 2.05) is 13.8 Å². The topological polar surface area (TPSA) is 73.6 Å². The van der Waals surface area contributed by atoms with Crippen molar-refractivity contribution in [1.82, 2.24) is 5.32 Å². The molecule has 0 saturated carbocycles. The lowest BCUT2D eigenvalue weighted by atomic mass is 10.2. The van der Waals surface area contributed by atoms with Gasteiger partial charge >= 0.3 is 0 Å². The highest BCUT2D eigenvalue weighted by atomic mass is 16.5. The molecule has 106 valence electrons. The molecule has 0 aromatic heterocycles. The Morgan fingerprint density at radius 3 is 2.74 bits per heavy atom. The fourth-order valence-corrected chi connectivity index (χ4v) is 1.60. The third-order valence-corrected chi connectivity index (χ3v) is 2.61. The van der Waals surface area contributed by atoms with E-state index < -0.39 is 0 Å². The second-order valence-electron chi connectivity index (χ2n) is 4.32. The second kappa shape index (κ2) is 7.63. The summed E-state index contributed by atoms with van der Waals surface area (Å²) in [6.45, 7) is 4.92. The molecule has 0 aliphatic rings. The van der Waals surface area contributed by atoms with Gasteiger partial charge in [0, 0.05) is 18.2 Å². The molecule has 1 atom stereocenters. The lowest BCUT2D eigenvalue weighted by Gasteiger charge is -2.11. The van der Waals surface area contributed by atoms with Gasteiger partial charge in [-0.3, -0.25) is 4.79 Å². The highest BCUT2D eigenvalue weighted by molar-refractivity contribution is 5.94. The minimum Gasteiger partial charge on any atom is -0.493 e. The lowest BCUT2D eigenvalue weighted by Crippen LogP contribution is -2.28. The van der Waals surface area contributed by atoms with Gasteiger partial charge in [-0.15, -0.1) is 0 Å². The summed E-state index contributed by atoms with van der Waals surface area (Å²) in [5.41, 5.74) is 6.17. The van der Waals surface area contributed by atoms with Gasteiger partial charge in [-0.2, -0.15) is 0 Å². The van der Waals surface area contributed by atoms with Crippen LogP contribution in [0.3, 0.4) is 0 Å². The number of rotatable bonds is 7. The summed E-state index contributed by atoms with van der Waals surface area (Å²) in [7, 11) is 1.55. The molecule has 0 radical (unpaired) electrons.